The summed E-state index contributed by atoms with van der Waals surface area (Å²) < 4.78 is 11.3. The van der Waals surface area contributed by atoms with Crippen molar-refractivity contribution in [1.29, 1.82) is 0 Å². The van der Waals surface area contributed by atoms with Crippen LogP contribution in [0.3, 0.4) is 0 Å². The minimum Gasteiger partial charge on any atom is -0.396 e. The van der Waals surface area contributed by atoms with Crippen LogP contribution in [0.4, 0.5) is 0 Å². The molecule has 0 bridgehead atoms. The van der Waals surface area contributed by atoms with Gasteiger partial charge in [-0.25, -0.2) is 0 Å². The molecule has 0 aliphatic rings. The van der Waals surface area contributed by atoms with Gasteiger partial charge in [0.25, 0.3) is 0 Å². The van der Waals surface area contributed by atoms with E-state index in [9.17, 15) is 4.21 Å². The lowest BCUT2D eigenvalue weighted by Gasteiger charge is -2.16. The quantitative estimate of drug-likeness (QED) is 0.734. The first-order chi connectivity index (χ1) is 8.63. The monoisotopic (exact) mass is 269 g/mol. The first kappa shape index (κ1) is 15.3. The molecule has 0 aromatic heterocycles. The van der Waals surface area contributed by atoms with Gasteiger partial charge in [-0.05, 0) is 50.6 Å². The number of aliphatic hydroxyl groups is 1. The van der Waals surface area contributed by atoms with Gasteiger partial charge in [0, 0.05) is 35.1 Å². The lowest BCUT2D eigenvalue weighted by Crippen LogP contribution is -2.19. The molecule has 0 fully saturated rings. The van der Waals surface area contributed by atoms with Crippen LogP contribution in [-0.4, -0.2) is 40.7 Å². The minimum absolute atomic E-state index is 0.291. The van der Waals surface area contributed by atoms with Gasteiger partial charge in [0.1, 0.15) is 0 Å². The summed E-state index contributed by atoms with van der Waals surface area (Å²) in [7, 11) is 1.21. The maximum absolute atomic E-state index is 11.3. The van der Waals surface area contributed by atoms with E-state index in [4.69, 9.17) is 5.11 Å². The second-order valence-corrected chi connectivity index (χ2v) is 6.00. The molecule has 1 atom stereocenters. The molecule has 1 N–H and O–H groups in total. The van der Waals surface area contributed by atoms with Crippen molar-refractivity contribution in [2.75, 3.05) is 26.5 Å². The lowest BCUT2D eigenvalue weighted by atomic mass is 10.2. The molecule has 1 aromatic carbocycles. The highest BCUT2D eigenvalue weighted by atomic mass is 32.2. The Morgan fingerprint density at radius 2 is 1.83 bits per heavy atom. The second-order valence-electron chi connectivity index (χ2n) is 4.62. The summed E-state index contributed by atoms with van der Waals surface area (Å²) in [5, 5.41) is 8.70. The fourth-order valence-corrected chi connectivity index (χ4v) is 2.37. The number of hydrogen-bond acceptors (Lipinski definition) is 3. The molecule has 1 rings (SSSR count). The molecule has 18 heavy (non-hydrogen) atoms. The van der Waals surface area contributed by atoms with E-state index in [1.165, 1.54) is 5.56 Å². The van der Waals surface area contributed by atoms with E-state index < -0.39 is 10.8 Å². The zero-order valence-corrected chi connectivity index (χ0v) is 12.1. The zero-order chi connectivity index (χ0) is 13.4. The number of hydrogen-bond donors (Lipinski definition) is 1. The smallest absolute Gasteiger partial charge is 0.0498 e. The van der Waals surface area contributed by atoms with E-state index in [-0.39, 0.29) is 0 Å². The van der Waals surface area contributed by atoms with E-state index in [2.05, 4.69) is 11.9 Å². The van der Waals surface area contributed by atoms with Crippen molar-refractivity contribution in [2.45, 2.75) is 30.7 Å². The van der Waals surface area contributed by atoms with Crippen molar-refractivity contribution >= 4 is 10.8 Å². The Morgan fingerprint density at radius 3 is 2.39 bits per heavy atom. The lowest BCUT2D eigenvalue weighted by molar-refractivity contribution is 0.271. The van der Waals surface area contributed by atoms with Crippen LogP contribution in [0.15, 0.2) is 29.2 Å². The van der Waals surface area contributed by atoms with Crippen molar-refractivity contribution in [3.05, 3.63) is 29.8 Å². The van der Waals surface area contributed by atoms with Crippen LogP contribution >= 0.6 is 0 Å². The molecule has 4 heteroatoms. The van der Waals surface area contributed by atoms with Crippen LogP contribution in [0.25, 0.3) is 0 Å². The average Bonchev–Trinajstić information content (AvgIpc) is 2.35. The van der Waals surface area contributed by atoms with Crippen LogP contribution < -0.4 is 0 Å². The highest BCUT2D eigenvalue weighted by Crippen LogP contribution is 2.10. The predicted molar refractivity (Wildman–Crippen MR) is 76.0 cm³/mol. The van der Waals surface area contributed by atoms with Crippen molar-refractivity contribution in [3.8, 4) is 0 Å². The summed E-state index contributed by atoms with van der Waals surface area (Å²) >= 11 is 0. The molecule has 0 spiro atoms. The van der Waals surface area contributed by atoms with Crippen LogP contribution in [0.2, 0.25) is 0 Å². The molecule has 0 saturated carbocycles. The summed E-state index contributed by atoms with van der Waals surface area (Å²) in [4.78, 5) is 3.15. The van der Waals surface area contributed by atoms with Gasteiger partial charge in [-0.3, -0.25) is 4.21 Å². The summed E-state index contributed by atoms with van der Waals surface area (Å²) in [6.45, 7) is 2.25. The SMILES string of the molecule is CN(CCCCCO)Cc1ccc(S(C)=O)cc1. The Balaban J connectivity index is 2.35. The standard InChI is InChI=1S/C14H23NO2S/c1-15(10-4-3-5-11-16)12-13-6-8-14(9-7-13)18(2)17/h6-9,16H,3-5,10-12H2,1-2H3. The highest BCUT2D eigenvalue weighted by Gasteiger charge is 2.02. The Hall–Kier alpha value is -0.710. The third-order valence-corrected chi connectivity index (χ3v) is 3.84. The predicted octanol–water partition coefficient (Wildman–Crippen LogP) is 2.02. The van der Waals surface area contributed by atoms with Gasteiger partial charge in [-0.15, -0.1) is 0 Å². The maximum Gasteiger partial charge on any atom is 0.0498 e. The van der Waals surface area contributed by atoms with Crippen molar-refractivity contribution in [2.24, 2.45) is 0 Å². The Bertz CT molecular complexity index is 365. The molecule has 0 aliphatic heterocycles. The number of benzene rings is 1. The molecule has 0 amide bonds. The van der Waals surface area contributed by atoms with Crippen LogP contribution in [0.5, 0.6) is 0 Å². The zero-order valence-electron chi connectivity index (χ0n) is 11.3. The molecule has 0 heterocycles. The number of rotatable bonds is 8. The Kier molecular flexibility index (Phi) is 7.16. The van der Waals surface area contributed by atoms with E-state index in [1.807, 2.05) is 24.3 Å². The van der Waals surface area contributed by atoms with Crippen LogP contribution in [0, 0.1) is 0 Å². The van der Waals surface area contributed by atoms with Gasteiger partial charge < -0.3 is 10.0 Å². The molecule has 1 unspecified atom stereocenters. The summed E-state index contributed by atoms with van der Waals surface area (Å²) in [6, 6.07) is 7.96. The Morgan fingerprint density at radius 1 is 1.17 bits per heavy atom. The molecule has 0 saturated heterocycles. The van der Waals surface area contributed by atoms with Gasteiger partial charge in [-0.2, -0.15) is 0 Å². The van der Waals surface area contributed by atoms with Crippen molar-refractivity contribution < 1.29 is 9.32 Å². The Labute approximate surface area is 112 Å². The van der Waals surface area contributed by atoms with Crippen molar-refractivity contribution in [3.63, 3.8) is 0 Å². The summed E-state index contributed by atoms with van der Waals surface area (Å²) in [5.41, 5.74) is 1.24. The molecule has 1 aromatic rings. The van der Waals surface area contributed by atoms with Crippen LogP contribution in [-0.2, 0) is 17.3 Å². The first-order valence-electron chi connectivity index (χ1n) is 6.35. The normalized spacial score (nSPS) is 12.9. The van der Waals surface area contributed by atoms with Crippen LogP contribution in [0.1, 0.15) is 24.8 Å². The topological polar surface area (TPSA) is 40.5 Å². The van der Waals surface area contributed by atoms with E-state index in [1.54, 1.807) is 6.26 Å². The van der Waals surface area contributed by atoms with Gasteiger partial charge in [0.05, 0.1) is 0 Å². The van der Waals surface area contributed by atoms with Gasteiger partial charge in [-0.1, -0.05) is 12.1 Å². The average molecular weight is 269 g/mol. The van der Waals surface area contributed by atoms with E-state index in [0.29, 0.717) is 6.61 Å². The molecule has 102 valence electrons. The number of unbranched alkanes of at least 4 members (excludes halogenated alkanes) is 2. The van der Waals surface area contributed by atoms with E-state index in [0.717, 1.165) is 37.2 Å². The maximum atomic E-state index is 11.3. The minimum atomic E-state index is -0.894. The van der Waals surface area contributed by atoms with E-state index >= 15 is 0 Å². The van der Waals surface area contributed by atoms with Gasteiger partial charge >= 0.3 is 0 Å². The van der Waals surface area contributed by atoms with Crippen molar-refractivity contribution in [1.82, 2.24) is 4.90 Å². The van der Waals surface area contributed by atoms with Gasteiger partial charge in [0.2, 0.25) is 0 Å². The first-order valence-corrected chi connectivity index (χ1v) is 7.91. The highest BCUT2D eigenvalue weighted by molar-refractivity contribution is 7.84. The third kappa shape index (κ3) is 5.76. The molecule has 0 aliphatic carbocycles. The summed E-state index contributed by atoms with van der Waals surface area (Å²) in [6.07, 6.45) is 4.79. The summed E-state index contributed by atoms with van der Waals surface area (Å²) in [5.74, 6) is 0. The fraction of sp³-hybridized carbons (Fsp3) is 0.571. The molecular weight excluding hydrogens is 246 g/mol. The number of nitrogens with zero attached hydrogens (tertiary/aromatic N) is 1. The molecule has 3 nitrogen and oxygen atoms in total. The third-order valence-electron chi connectivity index (χ3n) is 2.91. The molecule has 0 radical (unpaired) electrons. The second kappa shape index (κ2) is 8.40. The fourth-order valence-electron chi connectivity index (χ4n) is 1.85. The number of aliphatic hydroxyl groups excluding tert-OH is 1. The molecular formula is C14H23NO2S. The van der Waals surface area contributed by atoms with Gasteiger partial charge in [0.15, 0.2) is 0 Å². The largest absolute Gasteiger partial charge is 0.396 e.